The molecule has 0 fully saturated rings. The zero-order valence-electron chi connectivity index (χ0n) is 23.4. The summed E-state index contributed by atoms with van der Waals surface area (Å²) in [5.41, 5.74) is 1.73. The first-order valence-corrected chi connectivity index (χ1v) is 14.3. The molecule has 0 spiro atoms. The number of aliphatic imine (C=N–C) groups is 1. The van der Waals surface area contributed by atoms with Crippen LogP contribution in [0.5, 0.6) is 0 Å². The average Bonchev–Trinajstić information content (AvgIpc) is 2.88. The summed E-state index contributed by atoms with van der Waals surface area (Å²) in [4.78, 5) is 7.98. The Morgan fingerprint density at radius 2 is 1.86 bits per heavy atom. The Hall–Kier alpha value is -1.46. The van der Waals surface area contributed by atoms with Gasteiger partial charge in [0.1, 0.15) is 6.23 Å². The predicted molar refractivity (Wildman–Crippen MR) is 165 cm³/mol. The standard InChI is InChI=1S/C16H19N3OS.C7H17NO2.C5H12S/c1-17-8-10-21-9-4-7-18-16(20)14-11-13-5-2-3-6-15(13)19-12-14;1-4-9-7(6-8-3)10-5-2;1-4-5(2,3)6/h2-3,5-6,8,10-12,16,18,20H,1,4,7,9H2;7-8H,4-6H2,1-3H3;6H,4H2,1-3H3/b10-8-;;. The van der Waals surface area contributed by atoms with Crippen LogP contribution in [0.25, 0.3) is 10.9 Å². The van der Waals surface area contributed by atoms with E-state index in [-0.39, 0.29) is 11.0 Å². The highest BCUT2D eigenvalue weighted by atomic mass is 32.2. The summed E-state index contributed by atoms with van der Waals surface area (Å²) in [6.45, 7) is 16.5. The lowest BCUT2D eigenvalue weighted by Crippen LogP contribution is -2.29. The fourth-order valence-electron chi connectivity index (χ4n) is 2.61. The average molecular weight is 553 g/mol. The second-order valence-electron chi connectivity index (χ2n) is 8.57. The van der Waals surface area contributed by atoms with E-state index in [0.29, 0.717) is 13.2 Å². The first-order valence-electron chi connectivity index (χ1n) is 12.8. The molecular weight excluding hydrogens is 504 g/mol. The van der Waals surface area contributed by atoms with E-state index in [4.69, 9.17) is 9.47 Å². The molecule has 0 bridgehead atoms. The van der Waals surface area contributed by atoms with Gasteiger partial charge < -0.3 is 19.9 Å². The lowest BCUT2D eigenvalue weighted by atomic mass is 10.1. The van der Waals surface area contributed by atoms with Gasteiger partial charge in [-0.2, -0.15) is 12.6 Å². The first kappa shape index (κ1) is 35.5. The number of nitrogens with zero attached hydrogens (tertiary/aromatic N) is 2. The summed E-state index contributed by atoms with van der Waals surface area (Å²) in [5, 5.41) is 19.2. The van der Waals surface area contributed by atoms with Crippen molar-refractivity contribution in [3.05, 3.63) is 53.7 Å². The molecule has 0 amide bonds. The minimum atomic E-state index is -0.683. The van der Waals surface area contributed by atoms with Gasteiger partial charge in [0.25, 0.3) is 0 Å². The van der Waals surface area contributed by atoms with E-state index in [1.54, 1.807) is 24.2 Å². The maximum Gasteiger partial charge on any atom is 0.169 e. The molecule has 0 saturated carbocycles. The molecule has 0 aliphatic carbocycles. The third-order valence-corrected chi connectivity index (χ3v) is 6.06. The van der Waals surface area contributed by atoms with Crippen LogP contribution < -0.4 is 10.6 Å². The maximum atomic E-state index is 10.1. The van der Waals surface area contributed by atoms with E-state index in [0.717, 1.165) is 48.2 Å². The molecule has 1 aromatic heterocycles. The van der Waals surface area contributed by atoms with E-state index < -0.39 is 6.23 Å². The number of thiol groups is 1. The van der Waals surface area contributed by atoms with Gasteiger partial charge in [0, 0.05) is 47.9 Å². The number of hydrogen-bond donors (Lipinski definition) is 4. The summed E-state index contributed by atoms with van der Waals surface area (Å²) in [5.74, 6) is 0.974. The third-order valence-electron chi connectivity index (χ3n) is 4.91. The van der Waals surface area contributed by atoms with E-state index >= 15 is 0 Å². The Bertz CT molecular complexity index is 848. The Morgan fingerprint density at radius 3 is 2.43 bits per heavy atom. The van der Waals surface area contributed by atoms with Gasteiger partial charge in [-0.25, -0.2) is 0 Å². The molecular formula is C28H48N4O3S2. The molecule has 1 aromatic carbocycles. The van der Waals surface area contributed by atoms with Gasteiger partial charge in [0.2, 0.25) is 0 Å². The van der Waals surface area contributed by atoms with Crippen molar-refractivity contribution >= 4 is 42.0 Å². The van der Waals surface area contributed by atoms with Crippen LogP contribution in [0, 0.1) is 0 Å². The number of likely N-dealkylation sites (N-methyl/N-ethyl adjacent to an activating group) is 1. The van der Waals surface area contributed by atoms with Crippen molar-refractivity contribution < 1.29 is 14.6 Å². The first-order chi connectivity index (χ1) is 17.7. The van der Waals surface area contributed by atoms with Gasteiger partial charge in [0.15, 0.2) is 6.29 Å². The van der Waals surface area contributed by atoms with Crippen molar-refractivity contribution in [2.24, 2.45) is 4.99 Å². The number of nitrogens with one attached hydrogen (secondary N) is 2. The topological polar surface area (TPSA) is 88.0 Å². The number of aliphatic hydroxyl groups excluding tert-OH is 1. The quantitative estimate of drug-likeness (QED) is 0.0958. The fourth-order valence-corrected chi connectivity index (χ4v) is 3.23. The molecule has 0 aliphatic rings. The number of aliphatic hydroxyl groups is 1. The highest BCUT2D eigenvalue weighted by Crippen LogP contribution is 2.17. The van der Waals surface area contributed by atoms with E-state index in [1.807, 2.05) is 56.6 Å². The summed E-state index contributed by atoms with van der Waals surface area (Å²) < 4.78 is 10.7. The molecule has 2 aromatic rings. The number of fused-ring (bicyclic) bond motifs is 1. The Labute approximate surface area is 234 Å². The highest BCUT2D eigenvalue weighted by Gasteiger charge is 2.08. The zero-order valence-corrected chi connectivity index (χ0v) is 25.2. The minimum Gasteiger partial charge on any atom is -0.374 e. The van der Waals surface area contributed by atoms with Crippen LogP contribution in [-0.4, -0.2) is 66.9 Å². The maximum absolute atomic E-state index is 10.1. The number of aromatic nitrogens is 1. The normalized spacial score (nSPS) is 12.1. The lowest BCUT2D eigenvalue weighted by Gasteiger charge is -2.15. The van der Waals surface area contributed by atoms with Crippen LogP contribution >= 0.6 is 24.4 Å². The Balaban J connectivity index is 0.000000673. The molecule has 3 N–H and O–H groups in total. The van der Waals surface area contributed by atoms with Crippen molar-refractivity contribution in [2.45, 2.75) is 64.7 Å². The number of ether oxygens (including phenoxy) is 2. The van der Waals surface area contributed by atoms with Crippen molar-refractivity contribution in [2.75, 3.05) is 39.1 Å². The van der Waals surface area contributed by atoms with Crippen LogP contribution in [0.2, 0.25) is 0 Å². The van der Waals surface area contributed by atoms with E-state index in [2.05, 4.69) is 60.7 Å². The molecule has 0 radical (unpaired) electrons. The number of thioether (sulfide) groups is 1. The molecule has 1 atom stereocenters. The summed E-state index contributed by atoms with van der Waals surface area (Å²) >= 11 is 5.93. The summed E-state index contributed by atoms with van der Waals surface area (Å²) in [6.07, 6.45) is 4.72. The van der Waals surface area contributed by atoms with Gasteiger partial charge in [-0.3, -0.25) is 15.3 Å². The molecule has 1 unspecified atom stereocenters. The van der Waals surface area contributed by atoms with Crippen LogP contribution in [0.1, 0.15) is 59.3 Å². The molecule has 9 heteroatoms. The van der Waals surface area contributed by atoms with Crippen LogP contribution in [0.15, 0.2) is 53.1 Å². The van der Waals surface area contributed by atoms with Crippen LogP contribution in [0.3, 0.4) is 0 Å². The van der Waals surface area contributed by atoms with Crippen molar-refractivity contribution in [3.63, 3.8) is 0 Å². The molecule has 0 saturated heterocycles. The predicted octanol–water partition coefficient (Wildman–Crippen LogP) is 5.82. The number of benzene rings is 1. The van der Waals surface area contributed by atoms with Crippen LogP contribution in [-0.2, 0) is 9.47 Å². The van der Waals surface area contributed by atoms with Gasteiger partial charge in [-0.1, -0.05) is 39.0 Å². The van der Waals surface area contributed by atoms with Gasteiger partial charge in [0.05, 0.1) is 5.52 Å². The van der Waals surface area contributed by atoms with E-state index in [9.17, 15) is 5.11 Å². The van der Waals surface area contributed by atoms with Gasteiger partial charge in [-0.05, 0) is 70.3 Å². The number of para-hydroxylation sites is 1. The van der Waals surface area contributed by atoms with Crippen molar-refractivity contribution in [1.82, 2.24) is 15.6 Å². The van der Waals surface area contributed by atoms with Crippen molar-refractivity contribution in [1.29, 1.82) is 0 Å². The summed E-state index contributed by atoms with van der Waals surface area (Å²) in [6, 6.07) is 9.85. The monoisotopic (exact) mass is 552 g/mol. The highest BCUT2D eigenvalue weighted by molar-refractivity contribution is 8.02. The Morgan fingerprint density at radius 1 is 1.22 bits per heavy atom. The minimum absolute atomic E-state index is 0.0833. The number of hydrogen-bond acceptors (Lipinski definition) is 9. The SMILES string of the molecule is C=N/C=C\SCCCNC(O)c1cnc2ccccc2c1.CCC(C)(C)S.CCOC(CNC)OCC. The molecule has 210 valence electrons. The molecule has 37 heavy (non-hydrogen) atoms. The van der Waals surface area contributed by atoms with Crippen molar-refractivity contribution in [3.8, 4) is 0 Å². The number of rotatable bonds is 15. The molecule has 2 rings (SSSR count). The van der Waals surface area contributed by atoms with Gasteiger partial charge >= 0.3 is 0 Å². The molecule has 0 aliphatic heterocycles. The Kier molecular flexibility index (Phi) is 21.6. The smallest absolute Gasteiger partial charge is 0.169 e. The second-order valence-corrected chi connectivity index (χ2v) is 10.8. The largest absolute Gasteiger partial charge is 0.374 e. The van der Waals surface area contributed by atoms with Gasteiger partial charge in [-0.15, -0.1) is 11.8 Å². The second kappa shape index (κ2) is 22.5. The molecule has 1 heterocycles. The zero-order chi connectivity index (χ0) is 27.9. The third kappa shape index (κ3) is 19.3. The fraction of sp³-hybridized carbons (Fsp3) is 0.571. The molecule has 7 nitrogen and oxygen atoms in total. The summed E-state index contributed by atoms with van der Waals surface area (Å²) in [7, 11) is 1.88. The van der Waals surface area contributed by atoms with Crippen LogP contribution in [0.4, 0.5) is 0 Å². The lowest BCUT2D eigenvalue weighted by molar-refractivity contribution is -0.132. The number of pyridine rings is 1. The van der Waals surface area contributed by atoms with E-state index in [1.165, 1.54) is 0 Å².